The molecule has 1 radical (unpaired) electrons. The number of hydrogen-bond donors (Lipinski definition) is 4. The van der Waals surface area contributed by atoms with Crippen LogP contribution in [0.15, 0.2) is 92.7 Å². The van der Waals surface area contributed by atoms with E-state index in [2.05, 4.69) is 10.6 Å². The molecule has 0 bridgehead atoms. The van der Waals surface area contributed by atoms with Crippen LogP contribution in [0.4, 0.5) is 36.8 Å². The minimum Gasteiger partial charge on any atom is -0.330 e. The molecule has 253 valence electrons. The molecular weight excluding hydrogens is 671 g/mol. The molecule has 13 heteroatoms. The Morgan fingerprint density at radius 3 is 2.00 bits per heavy atom. The van der Waals surface area contributed by atoms with Crippen LogP contribution in [0.25, 0.3) is 0 Å². The molecule has 0 spiro atoms. The minimum absolute atomic E-state index is 0.180. The number of urea groups is 1. The molecule has 3 aliphatic rings. The van der Waals surface area contributed by atoms with Crippen molar-refractivity contribution in [3.05, 3.63) is 112 Å². The Balaban J connectivity index is 1.18. The number of halogens is 6. The molecule has 6 N–H and O–H groups in total. The van der Waals surface area contributed by atoms with E-state index in [1.54, 1.807) is 12.5 Å². The molecule has 5 nitrogen and oxygen atoms in total. The Labute approximate surface area is 283 Å². The Morgan fingerprint density at radius 1 is 0.729 bits per heavy atom. The van der Waals surface area contributed by atoms with E-state index in [1.807, 2.05) is 24.3 Å². The lowest BCUT2D eigenvalue weighted by molar-refractivity contribution is -0.138. The maximum atomic E-state index is 13.5. The molecular formula is C35H33F6N4OS2. The number of carbonyl (C=O) groups is 1. The summed E-state index contributed by atoms with van der Waals surface area (Å²) in [5.74, 6) is -0.494. The molecule has 48 heavy (non-hydrogen) atoms. The molecule has 2 amide bonds. The molecule has 3 unspecified atom stereocenters. The highest BCUT2D eigenvalue weighted by Gasteiger charge is 2.37. The van der Waals surface area contributed by atoms with Crippen LogP contribution in [0.1, 0.15) is 65.3 Å². The third-order valence-corrected chi connectivity index (χ3v) is 11.2. The number of alkyl halides is 6. The van der Waals surface area contributed by atoms with Gasteiger partial charge in [-0.15, -0.1) is 11.8 Å². The van der Waals surface area contributed by atoms with Crippen LogP contribution < -0.4 is 22.1 Å². The number of fused-ring (bicyclic) bond motifs is 4. The van der Waals surface area contributed by atoms with Crippen molar-refractivity contribution in [3.8, 4) is 0 Å². The predicted octanol–water partition coefficient (Wildman–Crippen LogP) is 9.21. The molecule has 2 aliphatic heterocycles. The highest BCUT2D eigenvalue weighted by Crippen LogP contribution is 2.51. The fourth-order valence-corrected chi connectivity index (χ4v) is 9.01. The van der Waals surface area contributed by atoms with Crippen molar-refractivity contribution in [2.75, 3.05) is 18.4 Å². The van der Waals surface area contributed by atoms with E-state index in [4.69, 9.17) is 11.5 Å². The van der Waals surface area contributed by atoms with Crippen molar-refractivity contribution >= 4 is 35.2 Å². The van der Waals surface area contributed by atoms with E-state index in [0.717, 1.165) is 38.0 Å². The maximum Gasteiger partial charge on any atom is 0.416 e. The highest BCUT2D eigenvalue weighted by molar-refractivity contribution is 8.00. The molecule has 3 atom stereocenters. The molecule has 0 fully saturated rings. The zero-order chi connectivity index (χ0) is 34.2. The molecule has 3 aromatic carbocycles. The number of nitrogens with two attached hydrogens (primary N) is 2. The highest BCUT2D eigenvalue weighted by atomic mass is 32.2. The second-order valence-corrected chi connectivity index (χ2v) is 14.2. The second kappa shape index (κ2) is 13.9. The number of carbonyl (C=O) groups excluding carboxylic acids is 1. The Morgan fingerprint density at radius 2 is 1.35 bits per heavy atom. The lowest BCUT2D eigenvalue weighted by Crippen LogP contribution is -2.31. The van der Waals surface area contributed by atoms with Gasteiger partial charge in [0, 0.05) is 44.3 Å². The molecule has 3 aromatic rings. The van der Waals surface area contributed by atoms with Crippen LogP contribution in [-0.2, 0) is 12.4 Å². The normalized spacial score (nSPS) is 20.0. The summed E-state index contributed by atoms with van der Waals surface area (Å²) in [6.07, 6.45) is -0.891. The summed E-state index contributed by atoms with van der Waals surface area (Å²) in [5, 5.41) is 5.54. The van der Waals surface area contributed by atoms with E-state index in [9.17, 15) is 31.1 Å². The smallest absolute Gasteiger partial charge is 0.330 e. The first kappa shape index (κ1) is 34.5. The average Bonchev–Trinajstić information content (AvgIpc) is 3.03. The predicted molar refractivity (Wildman–Crippen MR) is 177 cm³/mol. The fourth-order valence-electron chi connectivity index (χ4n) is 6.45. The van der Waals surface area contributed by atoms with Gasteiger partial charge in [-0.3, -0.25) is 0 Å². The summed E-state index contributed by atoms with van der Waals surface area (Å²) in [5.41, 5.74) is 14.3. The first-order chi connectivity index (χ1) is 22.9. The van der Waals surface area contributed by atoms with Crippen LogP contribution in [0.2, 0.25) is 0 Å². The van der Waals surface area contributed by atoms with Gasteiger partial charge in [0.2, 0.25) is 0 Å². The van der Waals surface area contributed by atoms with E-state index >= 15 is 0 Å². The van der Waals surface area contributed by atoms with Crippen LogP contribution >= 0.6 is 23.5 Å². The molecule has 0 aromatic heterocycles. The summed E-state index contributed by atoms with van der Waals surface area (Å²) < 4.78 is 81.0. The summed E-state index contributed by atoms with van der Waals surface area (Å²) in [6, 6.07) is 12.6. The molecule has 0 saturated heterocycles. The number of thioether (sulfide) groups is 1. The van der Waals surface area contributed by atoms with Gasteiger partial charge in [-0.25, -0.2) is 4.79 Å². The Bertz CT molecular complexity index is 1770. The van der Waals surface area contributed by atoms with Crippen molar-refractivity contribution < 1.29 is 31.1 Å². The van der Waals surface area contributed by atoms with E-state index in [1.165, 1.54) is 47.8 Å². The SMILES string of the molecule is NCCCC1C2=C[CH]C(NC(=O)Nc3ccc4c(c3)Sc3ccc(C(F)(F)F)cc3C4CCCN)=CC2Sc2ccc(C(F)(F)F)cc21. The van der Waals surface area contributed by atoms with Crippen molar-refractivity contribution in [1.29, 1.82) is 0 Å². The fraction of sp³-hybridized carbons (Fsp3) is 0.314. The standard InChI is InChI=1S/C35H33F6N4OS2/c36-34(37,38)19-5-11-29-27(15-19)23(3-1-13-42)25-9-7-21(17-31(25)47-29)44-33(46)45-22-8-10-26-24(4-2-14-43)28-16-20(35(39,40)41)6-12-30(28)48-32(26)18-22/h5-12,15-18,23-24,31H,1-4,13-14,42-43H2,(H2,44,45,46). The zero-order valence-corrected chi connectivity index (χ0v) is 27.2. The number of anilines is 1. The van der Waals surface area contributed by atoms with E-state index < -0.39 is 29.5 Å². The monoisotopic (exact) mass is 703 g/mol. The topological polar surface area (TPSA) is 93.2 Å². The number of rotatable bonds is 8. The summed E-state index contributed by atoms with van der Waals surface area (Å²) in [7, 11) is 0. The van der Waals surface area contributed by atoms with E-state index in [-0.39, 0.29) is 17.1 Å². The van der Waals surface area contributed by atoms with Crippen LogP contribution in [-0.4, -0.2) is 24.4 Å². The molecule has 2 heterocycles. The summed E-state index contributed by atoms with van der Waals surface area (Å²) >= 11 is 2.80. The van der Waals surface area contributed by atoms with Gasteiger partial charge in [0.05, 0.1) is 16.4 Å². The zero-order valence-electron chi connectivity index (χ0n) is 25.6. The minimum atomic E-state index is -4.45. The quantitative estimate of drug-likeness (QED) is 0.176. The molecule has 6 rings (SSSR count). The molecule has 1 aliphatic carbocycles. The van der Waals surface area contributed by atoms with Gasteiger partial charge in [-0.1, -0.05) is 23.9 Å². The van der Waals surface area contributed by atoms with E-state index in [0.29, 0.717) is 61.3 Å². The average molecular weight is 704 g/mol. The largest absolute Gasteiger partial charge is 0.416 e. The van der Waals surface area contributed by atoms with Crippen LogP contribution in [0.3, 0.4) is 0 Å². The van der Waals surface area contributed by atoms with Crippen LogP contribution in [0, 0.1) is 6.42 Å². The number of hydrogen-bond acceptors (Lipinski definition) is 5. The third-order valence-electron chi connectivity index (χ3n) is 8.71. The first-order valence-electron chi connectivity index (χ1n) is 15.5. The summed E-state index contributed by atoms with van der Waals surface area (Å²) in [4.78, 5) is 15.5. The van der Waals surface area contributed by atoms with Gasteiger partial charge >= 0.3 is 18.4 Å². The van der Waals surface area contributed by atoms with Gasteiger partial charge in [-0.05, 0) is 116 Å². The lowest BCUT2D eigenvalue weighted by atomic mass is 9.81. The van der Waals surface area contributed by atoms with Crippen LogP contribution in [0.5, 0.6) is 0 Å². The number of nitrogens with one attached hydrogen (secondary N) is 2. The van der Waals surface area contributed by atoms with Gasteiger partial charge in [0.25, 0.3) is 0 Å². The Kier molecular flexibility index (Phi) is 9.95. The van der Waals surface area contributed by atoms with Crippen molar-refractivity contribution in [3.63, 3.8) is 0 Å². The Hall–Kier alpha value is -3.39. The summed E-state index contributed by atoms with van der Waals surface area (Å²) in [6.45, 7) is 0.833. The molecule has 0 saturated carbocycles. The van der Waals surface area contributed by atoms with Crippen molar-refractivity contribution in [1.82, 2.24) is 5.32 Å². The van der Waals surface area contributed by atoms with Crippen molar-refractivity contribution in [2.45, 2.75) is 69.8 Å². The number of benzene rings is 3. The third kappa shape index (κ3) is 7.29. The van der Waals surface area contributed by atoms with Crippen molar-refractivity contribution in [2.24, 2.45) is 11.5 Å². The second-order valence-electron chi connectivity index (χ2n) is 11.9. The van der Waals surface area contributed by atoms with Gasteiger partial charge in [-0.2, -0.15) is 26.3 Å². The van der Waals surface area contributed by atoms with Gasteiger partial charge in [0.1, 0.15) is 0 Å². The van der Waals surface area contributed by atoms with Gasteiger partial charge in [0.15, 0.2) is 0 Å². The maximum absolute atomic E-state index is 13.5. The first-order valence-corrected chi connectivity index (χ1v) is 17.2. The van der Waals surface area contributed by atoms with Gasteiger partial charge < -0.3 is 22.1 Å². The lowest BCUT2D eigenvalue weighted by Gasteiger charge is -2.36. The number of amides is 2. The number of allylic oxidation sites excluding steroid dienone is 1.